The standard InChI is InChI=1S/C16H20BrNO2S/c1-10(18-11(2)15-7-8-16(17)21-15)13-6-5-12(19-3)9-14(13)20-4/h5-11,18H,1-4H3. The number of thiophene rings is 1. The zero-order chi connectivity index (χ0) is 15.4. The Bertz CT molecular complexity index is 600. The molecule has 0 radical (unpaired) electrons. The number of rotatable bonds is 6. The van der Waals surface area contributed by atoms with E-state index in [0.717, 1.165) is 20.8 Å². The summed E-state index contributed by atoms with van der Waals surface area (Å²) >= 11 is 5.26. The summed E-state index contributed by atoms with van der Waals surface area (Å²) in [4.78, 5) is 1.31. The second-order valence-corrected chi connectivity index (χ2v) is 7.35. The molecule has 21 heavy (non-hydrogen) atoms. The number of nitrogens with one attached hydrogen (secondary N) is 1. The van der Waals surface area contributed by atoms with Crippen LogP contribution in [0.15, 0.2) is 34.1 Å². The van der Waals surface area contributed by atoms with Crippen molar-refractivity contribution in [2.75, 3.05) is 14.2 Å². The van der Waals surface area contributed by atoms with Crippen LogP contribution in [0.3, 0.4) is 0 Å². The van der Waals surface area contributed by atoms with Crippen molar-refractivity contribution in [3.8, 4) is 11.5 Å². The van der Waals surface area contributed by atoms with Crippen molar-refractivity contribution in [2.24, 2.45) is 0 Å². The van der Waals surface area contributed by atoms with Gasteiger partial charge in [0.2, 0.25) is 0 Å². The maximum absolute atomic E-state index is 5.48. The Morgan fingerprint density at radius 2 is 1.81 bits per heavy atom. The predicted molar refractivity (Wildman–Crippen MR) is 91.5 cm³/mol. The minimum Gasteiger partial charge on any atom is -0.497 e. The quantitative estimate of drug-likeness (QED) is 0.781. The molecule has 1 heterocycles. The summed E-state index contributed by atoms with van der Waals surface area (Å²) in [5.41, 5.74) is 1.13. The van der Waals surface area contributed by atoms with Gasteiger partial charge in [0.15, 0.2) is 0 Å². The first kappa shape index (κ1) is 16.3. The van der Waals surface area contributed by atoms with Gasteiger partial charge >= 0.3 is 0 Å². The molecule has 1 aromatic heterocycles. The van der Waals surface area contributed by atoms with Crippen LogP contribution in [0, 0.1) is 0 Å². The highest BCUT2D eigenvalue weighted by Gasteiger charge is 2.16. The molecule has 114 valence electrons. The topological polar surface area (TPSA) is 30.5 Å². The number of methoxy groups -OCH3 is 2. The van der Waals surface area contributed by atoms with Crippen LogP contribution < -0.4 is 14.8 Å². The zero-order valence-electron chi connectivity index (χ0n) is 12.6. The number of halogens is 1. The molecule has 1 aromatic carbocycles. The van der Waals surface area contributed by atoms with Gasteiger partial charge in [-0.3, -0.25) is 0 Å². The molecule has 2 aromatic rings. The molecule has 0 bridgehead atoms. The van der Waals surface area contributed by atoms with E-state index in [9.17, 15) is 0 Å². The van der Waals surface area contributed by atoms with Gasteiger partial charge in [0.05, 0.1) is 18.0 Å². The van der Waals surface area contributed by atoms with Crippen molar-refractivity contribution in [3.05, 3.63) is 44.6 Å². The summed E-state index contributed by atoms with van der Waals surface area (Å²) in [6, 6.07) is 10.6. The molecule has 1 N–H and O–H groups in total. The van der Waals surface area contributed by atoms with Gasteiger partial charge in [0.1, 0.15) is 11.5 Å². The van der Waals surface area contributed by atoms with E-state index in [1.165, 1.54) is 4.88 Å². The summed E-state index contributed by atoms with van der Waals surface area (Å²) in [5, 5.41) is 3.61. The van der Waals surface area contributed by atoms with Gasteiger partial charge in [-0.25, -0.2) is 0 Å². The third-order valence-electron chi connectivity index (χ3n) is 3.43. The Labute approximate surface area is 138 Å². The van der Waals surface area contributed by atoms with Gasteiger partial charge in [0, 0.05) is 28.6 Å². The SMILES string of the molecule is COc1ccc(C(C)NC(C)c2ccc(Br)s2)c(OC)c1. The largest absolute Gasteiger partial charge is 0.497 e. The van der Waals surface area contributed by atoms with Gasteiger partial charge in [-0.2, -0.15) is 0 Å². The molecule has 2 unspecified atom stereocenters. The molecule has 0 fully saturated rings. The van der Waals surface area contributed by atoms with Crippen molar-refractivity contribution in [3.63, 3.8) is 0 Å². The highest BCUT2D eigenvalue weighted by atomic mass is 79.9. The molecule has 0 saturated carbocycles. The first-order valence-electron chi connectivity index (χ1n) is 6.78. The Morgan fingerprint density at radius 3 is 2.38 bits per heavy atom. The number of ether oxygens (including phenoxy) is 2. The second kappa shape index (κ2) is 7.29. The zero-order valence-corrected chi connectivity index (χ0v) is 15.0. The van der Waals surface area contributed by atoms with Gasteiger partial charge in [-0.15, -0.1) is 11.3 Å². The van der Waals surface area contributed by atoms with Crippen LogP contribution >= 0.6 is 27.3 Å². The van der Waals surface area contributed by atoms with E-state index in [1.54, 1.807) is 25.6 Å². The summed E-state index contributed by atoms with van der Waals surface area (Å²) in [6.45, 7) is 4.31. The highest BCUT2D eigenvalue weighted by Crippen LogP contribution is 2.32. The fourth-order valence-electron chi connectivity index (χ4n) is 2.28. The Morgan fingerprint density at radius 1 is 1.05 bits per heavy atom. The average molecular weight is 370 g/mol. The summed E-state index contributed by atoms with van der Waals surface area (Å²) in [5.74, 6) is 1.65. The van der Waals surface area contributed by atoms with E-state index < -0.39 is 0 Å². The van der Waals surface area contributed by atoms with Crippen molar-refractivity contribution < 1.29 is 9.47 Å². The van der Waals surface area contributed by atoms with Gasteiger partial charge in [-0.05, 0) is 48.0 Å². The Hall–Kier alpha value is -1.04. The molecule has 2 atom stereocenters. The van der Waals surface area contributed by atoms with Crippen molar-refractivity contribution in [1.82, 2.24) is 5.32 Å². The Kier molecular flexibility index (Phi) is 5.67. The molecule has 0 aliphatic rings. The molecule has 0 amide bonds. The predicted octanol–water partition coefficient (Wildman–Crippen LogP) is 4.94. The van der Waals surface area contributed by atoms with Crippen LogP contribution in [0.25, 0.3) is 0 Å². The monoisotopic (exact) mass is 369 g/mol. The number of benzene rings is 1. The third kappa shape index (κ3) is 3.99. The lowest BCUT2D eigenvalue weighted by molar-refractivity contribution is 0.383. The minimum absolute atomic E-state index is 0.182. The number of hydrogen-bond acceptors (Lipinski definition) is 4. The molecule has 0 aliphatic heterocycles. The maximum Gasteiger partial charge on any atom is 0.127 e. The van der Waals surface area contributed by atoms with Crippen LogP contribution in [-0.2, 0) is 0 Å². The molecular formula is C16H20BrNO2S. The number of hydrogen-bond donors (Lipinski definition) is 1. The molecule has 2 rings (SSSR count). The first-order chi connectivity index (χ1) is 10.0. The van der Waals surface area contributed by atoms with Crippen molar-refractivity contribution in [2.45, 2.75) is 25.9 Å². The molecule has 0 saturated heterocycles. The smallest absolute Gasteiger partial charge is 0.127 e. The van der Waals surface area contributed by atoms with Crippen LogP contribution in [-0.4, -0.2) is 14.2 Å². The van der Waals surface area contributed by atoms with Crippen LogP contribution in [0.2, 0.25) is 0 Å². The van der Waals surface area contributed by atoms with Crippen LogP contribution in [0.1, 0.15) is 36.4 Å². The summed E-state index contributed by atoms with van der Waals surface area (Å²) < 4.78 is 11.9. The van der Waals surface area contributed by atoms with E-state index >= 15 is 0 Å². The maximum atomic E-state index is 5.48. The van der Waals surface area contributed by atoms with Crippen molar-refractivity contribution in [1.29, 1.82) is 0 Å². The van der Waals surface area contributed by atoms with Crippen LogP contribution in [0.5, 0.6) is 11.5 Å². The molecule has 0 aliphatic carbocycles. The molecule has 0 spiro atoms. The summed E-state index contributed by atoms with van der Waals surface area (Å²) in [6.07, 6.45) is 0. The lowest BCUT2D eigenvalue weighted by atomic mass is 10.1. The normalized spacial score (nSPS) is 13.8. The second-order valence-electron chi connectivity index (χ2n) is 4.86. The van der Waals surface area contributed by atoms with Crippen molar-refractivity contribution >= 4 is 27.3 Å². The highest BCUT2D eigenvalue weighted by molar-refractivity contribution is 9.11. The fourth-order valence-corrected chi connectivity index (χ4v) is 3.72. The van der Waals surface area contributed by atoms with E-state index in [1.807, 2.05) is 18.2 Å². The fraction of sp³-hybridized carbons (Fsp3) is 0.375. The summed E-state index contributed by atoms with van der Waals surface area (Å²) in [7, 11) is 3.34. The average Bonchev–Trinajstić information content (AvgIpc) is 2.93. The van der Waals surface area contributed by atoms with E-state index in [0.29, 0.717) is 0 Å². The molecular weight excluding hydrogens is 350 g/mol. The van der Waals surface area contributed by atoms with Gasteiger partial charge in [-0.1, -0.05) is 6.07 Å². The van der Waals surface area contributed by atoms with Gasteiger partial charge < -0.3 is 14.8 Å². The molecule has 3 nitrogen and oxygen atoms in total. The van der Waals surface area contributed by atoms with E-state index in [-0.39, 0.29) is 12.1 Å². The molecule has 5 heteroatoms. The lowest BCUT2D eigenvalue weighted by Gasteiger charge is -2.21. The lowest BCUT2D eigenvalue weighted by Crippen LogP contribution is -2.22. The first-order valence-corrected chi connectivity index (χ1v) is 8.39. The minimum atomic E-state index is 0.182. The van der Waals surface area contributed by atoms with E-state index in [4.69, 9.17) is 9.47 Å². The van der Waals surface area contributed by atoms with E-state index in [2.05, 4.69) is 47.2 Å². The Balaban J connectivity index is 2.14. The van der Waals surface area contributed by atoms with Gasteiger partial charge in [0.25, 0.3) is 0 Å². The van der Waals surface area contributed by atoms with Crippen LogP contribution in [0.4, 0.5) is 0 Å². The third-order valence-corrected chi connectivity index (χ3v) is 5.23.